The summed E-state index contributed by atoms with van der Waals surface area (Å²) in [6.07, 6.45) is 37.9. The summed E-state index contributed by atoms with van der Waals surface area (Å²) in [5.74, 6) is -0.0389. The number of unbranched alkanes of at least 4 members (excludes halogenated alkanes) is 24. The SMILES string of the molecule is CCCCCCCCCOC(=O)CCCCCCCN(CCCCCCCC(=O)OC(CCCCCCCC)CCCCCCCC)CCN=O. The second-order valence-electron chi connectivity index (χ2n) is 15.3. The van der Waals surface area contributed by atoms with Crippen molar-refractivity contribution in [3.05, 3.63) is 4.91 Å². The molecule has 0 saturated heterocycles. The third-order valence-electron chi connectivity index (χ3n) is 10.3. The Morgan fingerprint density at radius 3 is 1.33 bits per heavy atom. The summed E-state index contributed by atoms with van der Waals surface area (Å²) >= 11 is 0. The van der Waals surface area contributed by atoms with Gasteiger partial charge in [-0.1, -0.05) is 167 Å². The van der Waals surface area contributed by atoms with Crippen molar-refractivity contribution >= 4 is 11.9 Å². The van der Waals surface area contributed by atoms with Crippen molar-refractivity contribution in [3.8, 4) is 0 Å². The van der Waals surface area contributed by atoms with E-state index in [1.54, 1.807) is 0 Å². The predicted octanol–water partition coefficient (Wildman–Crippen LogP) is 13.4. The van der Waals surface area contributed by atoms with Gasteiger partial charge in [0.15, 0.2) is 0 Å². The fourth-order valence-corrected chi connectivity index (χ4v) is 6.92. The number of carbonyl (C=O) groups excluding carboxylic acids is 2. The quantitative estimate of drug-likeness (QED) is 0.0354. The van der Waals surface area contributed by atoms with Crippen molar-refractivity contribution < 1.29 is 19.1 Å². The fraction of sp³-hybridized carbons (Fsp3) is 0.955. The molecule has 0 aliphatic rings. The Bertz CT molecular complexity index is 733. The summed E-state index contributed by atoms with van der Waals surface area (Å²) in [4.78, 5) is 37.8. The molecule has 0 aromatic carbocycles. The lowest BCUT2D eigenvalue weighted by Crippen LogP contribution is -2.28. The molecule has 302 valence electrons. The van der Waals surface area contributed by atoms with E-state index in [-0.39, 0.29) is 18.0 Å². The number of hydrogen-bond donors (Lipinski definition) is 0. The van der Waals surface area contributed by atoms with Crippen LogP contribution in [0.25, 0.3) is 0 Å². The molecule has 51 heavy (non-hydrogen) atoms. The van der Waals surface area contributed by atoms with Gasteiger partial charge in [-0.3, -0.25) is 9.59 Å². The van der Waals surface area contributed by atoms with Gasteiger partial charge in [0, 0.05) is 19.4 Å². The van der Waals surface area contributed by atoms with Gasteiger partial charge in [-0.15, -0.1) is 0 Å². The van der Waals surface area contributed by atoms with Gasteiger partial charge in [-0.2, -0.15) is 4.91 Å². The highest BCUT2D eigenvalue weighted by Gasteiger charge is 2.14. The number of rotatable bonds is 42. The first-order chi connectivity index (χ1) is 25.1. The van der Waals surface area contributed by atoms with Crippen molar-refractivity contribution in [2.45, 2.75) is 239 Å². The van der Waals surface area contributed by atoms with E-state index in [4.69, 9.17) is 9.47 Å². The molecule has 0 amide bonds. The van der Waals surface area contributed by atoms with Crippen molar-refractivity contribution in [3.63, 3.8) is 0 Å². The molecule has 0 fully saturated rings. The van der Waals surface area contributed by atoms with Gasteiger partial charge >= 0.3 is 11.9 Å². The molecule has 0 unspecified atom stereocenters. The molecule has 0 N–H and O–H groups in total. The van der Waals surface area contributed by atoms with E-state index in [1.807, 2.05) is 0 Å². The zero-order valence-corrected chi connectivity index (χ0v) is 34.4. The van der Waals surface area contributed by atoms with E-state index in [1.165, 1.54) is 109 Å². The predicted molar refractivity (Wildman–Crippen MR) is 217 cm³/mol. The second-order valence-corrected chi connectivity index (χ2v) is 15.3. The van der Waals surface area contributed by atoms with Crippen LogP contribution in [-0.2, 0) is 19.1 Å². The summed E-state index contributed by atoms with van der Waals surface area (Å²) in [7, 11) is 0. The molecule has 0 spiro atoms. The fourth-order valence-electron chi connectivity index (χ4n) is 6.92. The standard InChI is InChI=1S/C44H86N2O5/c1-4-7-10-13-16-25-32-41-50-43(47)35-28-21-17-23-30-38-46(40-37-45-49)39-31-24-18-22-29-36-44(48)51-42(33-26-19-14-11-8-5-2)34-27-20-15-12-9-6-3/h42H,4-41H2,1-3H3. The monoisotopic (exact) mass is 723 g/mol. The lowest BCUT2D eigenvalue weighted by Gasteiger charge is -2.21. The van der Waals surface area contributed by atoms with E-state index in [9.17, 15) is 14.5 Å². The highest BCUT2D eigenvalue weighted by molar-refractivity contribution is 5.69. The summed E-state index contributed by atoms with van der Waals surface area (Å²) < 4.78 is 11.4. The average Bonchev–Trinajstić information content (AvgIpc) is 3.13. The van der Waals surface area contributed by atoms with Crippen LogP contribution in [-0.4, -0.2) is 55.7 Å². The minimum absolute atomic E-state index is 0.00300. The van der Waals surface area contributed by atoms with Crippen LogP contribution >= 0.6 is 0 Å². The molecular formula is C44H86N2O5. The van der Waals surface area contributed by atoms with E-state index in [0.717, 1.165) is 110 Å². The first kappa shape index (κ1) is 49.5. The summed E-state index contributed by atoms with van der Waals surface area (Å²) in [6.45, 7) is 10.4. The maximum atomic E-state index is 12.7. The molecule has 0 rings (SSSR count). The highest BCUT2D eigenvalue weighted by Crippen LogP contribution is 2.18. The lowest BCUT2D eigenvalue weighted by atomic mass is 10.0. The Hall–Kier alpha value is -1.50. The molecule has 0 aromatic rings. The molecule has 0 heterocycles. The number of esters is 2. The van der Waals surface area contributed by atoms with Crippen LogP contribution in [0.4, 0.5) is 0 Å². The molecule has 0 bridgehead atoms. The van der Waals surface area contributed by atoms with Gasteiger partial charge in [0.1, 0.15) is 6.10 Å². The van der Waals surface area contributed by atoms with E-state index >= 15 is 0 Å². The third-order valence-corrected chi connectivity index (χ3v) is 10.3. The van der Waals surface area contributed by atoms with Crippen LogP contribution in [0, 0.1) is 4.91 Å². The number of carbonyl (C=O) groups is 2. The van der Waals surface area contributed by atoms with Crippen molar-refractivity contribution in [2.24, 2.45) is 5.18 Å². The minimum atomic E-state index is -0.0419. The maximum absolute atomic E-state index is 12.7. The van der Waals surface area contributed by atoms with Crippen molar-refractivity contribution in [1.82, 2.24) is 4.90 Å². The first-order valence-corrected chi connectivity index (χ1v) is 22.4. The number of nitroso groups, excluding NO2 is 1. The van der Waals surface area contributed by atoms with Crippen molar-refractivity contribution in [1.29, 1.82) is 0 Å². The normalized spacial score (nSPS) is 11.5. The molecule has 0 radical (unpaired) electrons. The van der Waals surface area contributed by atoms with Gasteiger partial charge < -0.3 is 14.4 Å². The molecule has 7 nitrogen and oxygen atoms in total. The van der Waals surface area contributed by atoms with Gasteiger partial charge in [0.25, 0.3) is 0 Å². The molecule has 0 saturated carbocycles. The van der Waals surface area contributed by atoms with E-state index in [2.05, 4.69) is 30.8 Å². The zero-order chi connectivity index (χ0) is 37.3. The molecule has 0 aliphatic carbocycles. The second kappa shape index (κ2) is 41.3. The molecular weight excluding hydrogens is 636 g/mol. The largest absolute Gasteiger partial charge is 0.466 e. The van der Waals surface area contributed by atoms with Crippen LogP contribution in [0.2, 0.25) is 0 Å². The lowest BCUT2D eigenvalue weighted by molar-refractivity contribution is -0.150. The molecule has 0 aliphatic heterocycles. The molecule has 0 aromatic heterocycles. The number of nitrogens with zero attached hydrogens (tertiary/aromatic N) is 2. The summed E-state index contributed by atoms with van der Waals surface area (Å²) in [5.41, 5.74) is 0. The van der Waals surface area contributed by atoms with Gasteiger partial charge in [0.05, 0.1) is 13.2 Å². The van der Waals surface area contributed by atoms with Gasteiger partial charge in [-0.25, -0.2) is 0 Å². The Labute approximate surface area is 316 Å². The smallest absolute Gasteiger partial charge is 0.306 e. The van der Waals surface area contributed by atoms with E-state index in [0.29, 0.717) is 26.0 Å². The molecule has 0 atom stereocenters. The number of hydrogen-bond acceptors (Lipinski definition) is 7. The third kappa shape index (κ3) is 38.0. The van der Waals surface area contributed by atoms with Crippen molar-refractivity contribution in [2.75, 3.05) is 32.8 Å². The van der Waals surface area contributed by atoms with E-state index < -0.39 is 0 Å². The Morgan fingerprint density at radius 1 is 0.471 bits per heavy atom. The molecule has 7 heteroatoms. The van der Waals surface area contributed by atoms with Crippen LogP contribution in [0.1, 0.15) is 233 Å². The highest BCUT2D eigenvalue weighted by atomic mass is 16.5. The van der Waals surface area contributed by atoms with Crippen LogP contribution < -0.4 is 0 Å². The minimum Gasteiger partial charge on any atom is -0.466 e. The van der Waals surface area contributed by atoms with Gasteiger partial charge in [-0.05, 0) is 70.9 Å². The Kier molecular flexibility index (Phi) is 40.0. The number of ether oxygens (including phenoxy) is 2. The van der Waals surface area contributed by atoms with Crippen LogP contribution in [0.5, 0.6) is 0 Å². The van der Waals surface area contributed by atoms with Crippen LogP contribution in [0.3, 0.4) is 0 Å². The van der Waals surface area contributed by atoms with Crippen LogP contribution in [0.15, 0.2) is 5.18 Å². The first-order valence-electron chi connectivity index (χ1n) is 22.4. The maximum Gasteiger partial charge on any atom is 0.306 e. The zero-order valence-electron chi connectivity index (χ0n) is 34.4. The Balaban J connectivity index is 4.03. The summed E-state index contributed by atoms with van der Waals surface area (Å²) in [5, 5.41) is 3.10. The average molecular weight is 723 g/mol. The van der Waals surface area contributed by atoms with Gasteiger partial charge in [0.2, 0.25) is 0 Å². The topological polar surface area (TPSA) is 85.3 Å². The Morgan fingerprint density at radius 2 is 0.863 bits per heavy atom. The summed E-state index contributed by atoms with van der Waals surface area (Å²) in [6, 6.07) is 0.